The Bertz CT molecular complexity index is 1010. The molecule has 2 aliphatic heterocycles. The molecule has 0 N–H and O–H groups in total. The fourth-order valence-corrected chi connectivity index (χ4v) is 6.09. The Morgan fingerprint density at radius 1 is 1.24 bits per heavy atom. The number of fused-ring (bicyclic) bond motifs is 2. The quantitative estimate of drug-likeness (QED) is 0.717. The third-order valence-corrected chi connectivity index (χ3v) is 7.95. The molecule has 2 heterocycles. The summed E-state index contributed by atoms with van der Waals surface area (Å²) in [5, 5.41) is 0.575. The van der Waals surface area contributed by atoms with E-state index >= 15 is 0 Å². The number of amides is 2. The van der Waals surface area contributed by atoms with Crippen LogP contribution in [0.1, 0.15) is 30.4 Å². The van der Waals surface area contributed by atoms with Crippen LogP contribution in [0.25, 0.3) is 0 Å². The Hall–Kier alpha value is -2.05. The molecule has 2 amide bonds. The number of rotatable bonds is 3. The van der Waals surface area contributed by atoms with E-state index in [0.717, 1.165) is 24.8 Å². The lowest BCUT2D eigenvalue weighted by Crippen LogP contribution is -2.52. The van der Waals surface area contributed by atoms with Crippen molar-refractivity contribution in [2.45, 2.75) is 30.7 Å². The number of hydrogen-bond donors (Lipinski definition) is 0. The average Bonchev–Trinajstić information content (AvgIpc) is 3.19. The molecular weight excluding hydrogens is 411 g/mol. The van der Waals surface area contributed by atoms with Crippen molar-refractivity contribution in [2.75, 3.05) is 17.2 Å². The van der Waals surface area contributed by atoms with E-state index in [-0.39, 0.29) is 24.3 Å². The largest absolute Gasteiger partial charge is 0.315 e. The van der Waals surface area contributed by atoms with Crippen LogP contribution >= 0.6 is 23.4 Å². The zero-order valence-electron chi connectivity index (χ0n) is 15.7. The summed E-state index contributed by atoms with van der Waals surface area (Å²) in [6.07, 6.45) is 2.77. The number of nitrogens with zero attached hydrogens (tertiary/aromatic N) is 2. The molecule has 3 aliphatic rings. The first kappa shape index (κ1) is 18.9. The van der Waals surface area contributed by atoms with Crippen molar-refractivity contribution in [1.29, 1.82) is 0 Å². The molecule has 0 aromatic heterocycles. The zero-order chi connectivity index (χ0) is 20.2. The normalized spacial score (nSPS) is 23.6. The van der Waals surface area contributed by atoms with Gasteiger partial charge in [0.15, 0.2) is 4.87 Å². The predicted molar refractivity (Wildman–Crippen MR) is 112 cm³/mol. The number of thioether (sulfide) groups is 1. The second-order valence-corrected chi connectivity index (χ2v) is 9.45. The minimum absolute atomic E-state index is 0.0180. The molecule has 29 heavy (non-hydrogen) atoms. The van der Waals surface area contributed by atoms with Crippen LogP contribution in [-0.4, -0.2) is 29.0 Å². The summed E-state index contributed by atoms with van der Waals surface area (Å²) in [5.74, 6) is 0.0600. The van der Waals surface area contributed by atoms with E-state index in [1.165, 1.54) is 23.9 Å². The first-order chi connectivity index (χ1) is 14.0. The first-order valence-corrected chi connectivity index (χ1v) is 11.2. The molecule has 2 fully saturated rings. The van der Waals surface area contributed by atoms with Gasteiger partial charge >= 0.3 is 0 Å². The average molecular weight is 431 g/mol. The highest BCUT2D eigenvalue weighted by molar-refractivity contribution is 8.01. The maximum absolute atomic E-state index is 14.2. The van der Waals surface area contributed by atoms with Crippen LogP contribution in [-0.2, 0) is 21.0 Å². The van der Waals surface area contributed by atoms with Gasteiger partial charge in [0.2, 0.25) is 5.91 Å². The zero-order valence-corrected chi connectivity index (χ0v) is 17.3. The van der Waals surface area contributed by atoms with Crippen LogP contribution in [0.5, 0.6) is 0 Å². The first-order valence-electron chi connectivity index (χ1n) is 9.83. The Morgan fingerprint density at radius 2 is 2.03 bits per heavy atom. The summed E-state index contributed by atoms with van der Waals surface area (Å²) >= 11 is 7.77. The van der Waals surface area contributed by atoms with Gasteiger partial charge in [0, 0.05) is 28.8 Å². The predicted octanol–water partition coefficient (Wildman–Crippen LogP) is 4.55. The van der Waals surface area contributed by atoms with E-state index < -0.39 is 10.7 Å². The van der Waals surface area contributed by atoms with E-state index in [9.17, 15) is 14.0 Å². The van der Waals surface area contributed by atoms with Crippen molar-refractivity contribution in [3.05, 3.63) is 64.4 Å². The summed E-state index contributed by atoms with van der Waals surface area (Å²) < 4.78 is 14.2. The Balaban J connectivity index is 1.60. The van der Waals surface area contributed by atoms with Crippen LogP contribution in [0.4, 0.5) is 10.1 Å². The van der Waals surface area contributed by atoms with Crippen LogP contribution in [0.3, 0.4) is 0 Å². The lowest BCUT2D eigenvalue weighted by atomic mass is 9.84. The van der Waals surface area contributed by atoms with Gasteiger partial charge in [-0.2, -0.15) is 0 Å². The summed E-state index contributed by atoms with van der Waals surface area (Å²) in [6.45, 7) is 0.784. The van der Waals surface area contributed by atoms with E-state index in [1.807, 2.05) is 18.2 Å². The number of halogens is 2. The summed E-state index contributed by atoms with van der Waals surface area (Å²) in [6, 6.07) is 11.8. The van der Waals surface area contributed by atoms with E-state index in [1.54, 1.807) is 21.9 Å². The van der Waals surface area contributed by atoms with Gasteiger partial charge in [-0.3, -0.25) is 9.59 Å². The van der Waals surface area contributed by atoms with Gasteiger partial charge in [-0.15, -0.1) is 11.8 Å². The van der Waals surface area contributed by atoms with Gasteiger partial charge in [0.1, 0.15) is 5.82 Å². The van der Waals surface area contributed by atoms with Crippen molar-refractivity contribution < 1.29 is 14.0 Å². The smallest absolute Gasteiger partial charge is 0.268 e. The number of anilines is 1. The second kappa shape index (κ2) is 7.03. The molecule has 1 atom stereocenters. The van der Waals surface area contributed by atoms with Crippen LogP contribution in [0, 0.1) is 11.7 Å². The lowest BCUT2D eigenvalue weighted by molar-refractivity contribution is -0.145. The van der Waals surface area contributed by atoms with Crippen molar-refractivity contribution in [3.63, 3.8) is 0 Å². The van der Waals surface area contributed by atoms with Gasteiger partial charge in [0.25, 0.3) is 5.91 Å². The third-order valence-electron chi connectivity index (χ3n) is 6.16. The Kier molecular flexibility index (Phi) is 4.59. The molecule has 7 heteroatoms. The molecule has 0 bridgehead atoms. The van der Waals surface area contributed by atoms with Gasteiger partial charge in [-0.05, 0) is 42.7 Å². The maximum atomic E-state index is 14.2. The molecule has 1 saturated carbocycles. The summed E-state index contributed by atoms with van der Waals surface area (Å²) in [5.41, 5.74) is 2.04. The Labute approximate surface area is 178 Å². The highest BCUT2D eigenvalue weighted by Crippen LogP contribution is 2.55. The lowest BCUT2D eigenvalue weighted by Gasteiger charge is -2.37. The maximum Gasteiger partial charge on any atom is 0.268 e. The van der Waals surface area contributed by atoms with E-state index in [0.29, 0.717) is 28.6 Å². The number of hydrogen-bond acceptors (Lipinski definition) is 3. The summed E-state index contributed by atoms with van der Waals surface area (Å²) in [7, 11) is 0. The minimum Gasteiger partial charge on any atom is -0.315 e. The number of benzene rings is 2. The van der Waals surface area contributed by atoms with Gasteiger partial charge in [-0.1, -0.05) is 36.2 Å². The van der Waals surface area contributed by atoms with Gasteiger partial charge in [0.05, 0.1) is 12.2 Å². The van der Waals surface area contributed by atoms with Gasteiger partial charge < -0.3 is 9.80 Å². The molecule has 150 valence electrons. The fraction of sp³-hybridized carbons (Fsp3) is 0.364. The van der Waals surface area contributed by atoms with Crippen LogP contribution in [0.15, 0.2) is 42.5 Å². The topological polar surface area (TPSA) is 40.6 Å². The van der Waals surface area contributed by atoms with Crippen molar-refractivity contribution in [1.82, 2.24) is 4.90 Å². The minimum atomic E-state index is -1.18. The third kappa shape index (κ3) is 2.80. The molecule has 2 aromatic carbocycles. The molecular formula is C22H20ClFN2O2S. The molecule has 0 unspecified atom stereocenters. The van der Waals surface area contributed by atoms with Crippen molar-refractivity contribution >= 4 is 40.9 Å². The number of carbonyl (C=O) groups excluding carboxylic acids is 2. The molecule has 0 radical (unpaired) electrons. The molecule has 5 rings (SSSR count). The fourth-order valence-electron chi connectivity index (χ4n) is 4.44. The molecule has 1 saturated heterocycles. The van der Waals surface area contributed by atoms with Crippen molar-refractivity contribution in [2.24, 2.45) is 5.92 Å². The second-order valence-electron chi connectivity index (χ2n) is 7.75. The van der Waals surface area contributed by atoms with E-state index in [4.69, 9.17) is 11.6 Å². The molecule has 4 nitrogen and oxygen atoms in total. The molecule has 1 spiro atoms. The number of carbonyl (C=O) groups is 2. The monoisotopic (exact) mass is 430 g/mol. The summed E-state index contributed by atoms with van der Waals surface area (Å²) in [4.78, 5) is 29.2. The van der Waals surface area contributed by atoms with Gasteiger partial charge in [-0.25, -0.2) is 4.39 Å². The van der Waals surface area contributed by atoms with Crippen molar-refractivity contribution in [3.8, 4) is 0 Å². The molecule has 1 aliphatic carbocycles. The van der Waals surface area contributed by atoms with Crippen LogP contribution in [0.2, 0.25) is 5.02 Å². The Morgan fingerprint density at radius 3 is 2.76 bits per heavy atom. The van der Waals surface area contributed by atoms with E-state index in [2.05, 4.69) is 0 Å². The highest BCUT2D eigenvalue weighted by Gasteiger charge is 2.60. The highest BCUT2D eigenvalue weighted by atomic mass is 35.5. The SMILES string of the molecule is O=C(C1CCC1)N1CCS[C@@]12C(=O)N(Cc1ccccc1Cl)c1ccc(F)cc12. The molecule has 2 aromatic rings. The van der Waals surface area contributed by atoms with Crippen LogP contribution < -0.4 is 4.90 Å². The standard InChI is InChI=1S/C22H20ClFN2O2S/c23-18-7-2-1-4-15(18)13-25-19-9-8-16(24)12-17(19)22(21(25)28)26(10-11-29-22)20(27)14-5-3-6-14/h1-2,4,7-9,12,14H,3,5-6,10-11,13H2/t22-/m0/s1.